The SMILES string of the molecule is c1ccc(-n2c3ccccc3c3ccc(-c4ccc(N(c5ccc6c7ccccc7c7ccccc7c6c5)c5cccc6c5-c5ccccc5C65c6ccccc6-c6ccccc65)cc4)cc32)cc1. The van der Waals surface area contributed by atoms with Crippen LogP contribution in [0, 0.1) is 0 Å². The lowest BCUT2D eigenvalue weighted by Crippen LogP contribution is -2.26. The molecule has 0 radical (unpaired) electrons. The number of para-hydroxylation sites is 2. The Labute approximate surface area is 400 Å². The standard InChI is InChI=1S/C67H42N2/c1-2-17-45(18-3-1)69-63-31-15-11-25-55(63)56-39-35-44(41-65(56)69)43-33-36-46(37-34-43)68(47-38-40-52-50-21-5-4-19-48(50)49-20-6-7-22-51(49)58(52)42-47)64-32-16-30-62-66(64)57-26-10-14-29-61(57)67(62)59-27-12-8-23-53(59)54-24-9-13-28-60(54)67/h1-42H. The van der Waals surface area contributed by atoms with Crippen LogP contribution in [0.5, 0.6) is 0 Å². The van der Waals surface area contributed by atoms with Gasteiger partial charge in [0.1, 0.15) is 0 Å². The van der Waals surface area contributed by atoms with Gasteiger partial charge in [0, 0.05) is 33.4 Å². The monoisotopic (exact) mass is 874 g/mol. The van der Waals surface area contributed by atoms with Crippen LogP contribution in [0.15, 0.2) is 255 Å². The minimum atomic E-state index is -0.454. The summed E-state index contributed by atoms with van der Waals surface area (Å²) < 4.78 is 2.40. The molecule has 15 rings (SSSR count). The maximum atomic E-state index is 2.52. The predicted octanol–water partition coefficient (Wildman–Crippen LogP) is 17.7. The molecule has 12 aromatic carbocycles. The molecule has 1 spiro atoms. The van der Waals surface area contributed by atoms with E-state index in [2.05, 4.69) is 264 Å². The van der Waals surface area contributed by atoms with E-state index >= 15 is 0 Å². The number of benzene rings is 12. The van der Waals surface area contributed by atoms with E-state index in [0.29, 0.717) is 0 Å². The summed E-state index contributed by atoms with van der Waals surface area (Å²) in [5.41, 5.74) is 19.3. The van der Waals surface area contributed by atoms with Gasteiger partial charge in [-0.3, -0.25) is 0 Å². The van der Waals surface area contributed by atoms with E-state index in [0.717, 1.165) is 22.7 Å². The van der Waals surface area contributed by atoms with Gasteiger partial charge in [0.15, 0.2) is 0 Å². The van der Waals surface area contributed by atoms with Crippen LogP contribution < -0.4 is 4.90 Å². The molecule has 0 atom stereocenters. The van der Waals surface area contributed by atoms with Gasteiger partial charge < -0.3 is 9.47 Å². The second-order valence-electron chi connectivity index (χ2n) is 18.7. The molecular formula is C67H42N2. The van der Waals surface area contributed by atoms with Gasteiger partial charge in [-0.1, -0.05) is 200 Å². The average Bonchev–Trinajstić information content (AvgIpc) is 4.03. The summed E-state index contributed by atoms with van der Waals surface area (Å²) in [4.78, 5) is 2.52. The van der Waals surface area contributed by atoms with Crippen molar-refractivity contribution in [2.24, 2.45) is 0 Å². The quantitative estimate of drug-likeness (QED) is 0.156. The number of hydrogen-bond donors (Lipinski definition) is 0. The van der Waals surface area contributed by atoms with Gasteiger partial charge in [-0.05, 0) is 137 Å². The third-order valence-corrected chi connectivity index (χ3v) is 15.4. The van der Waals surface area contributed by atoms with Gasteiger partial charge in [-0.25, -0.2) is 0 Å². The van der Waals surface area contributed by atoms with Crippen LogP contribution in [0.2, 0.25) is 0 Å². The van der Waals surface area contributed by atoms with Crippen LogP contribution >= 0.6 is 0 Å². The molecule has 0 saturated heterocycles. The molecule has 0 unspecified atom stereocenters. The summed E-state index contributed by atoms with van der Waals surface area (Å²) in [7, 11) is 0. The van der Waals surface area contributed by atoms with Crippen molar-refractivity contribution in [1.29, 1.82) is 0 Å². The Bertz CT molecular complexity index is 4170. The third-order valence-electron chi connectivity index (χ3n) is 15.4. The Balaban J connectivity index is 0.968. The highest BCUT2D eigenvalue weighted by molar-refractivity contribution is 6.26. The minimum absolute atomic E-state index is 0.454. The third kappa shape index (κ3) is 5.26. The molecule has 2 aliphatic carbocycles. The van der Waals surface area contributed by atoms with Crippen molar-refractivity contribution in [3.63, 3.8) is 0 Å². The topological polar surface area (TPSA) is 8.17 Å². The number of aromatic nitrogens is 1. The average molecular weight is 875 g/mol. The van der Waals surface area contributed by atoms with Crippen LogP contribution in [0.4, 0.5) is 17.1 Å². The summed E-state index contributed by atoms with van der Waals surface area (Å²) in [6, 6.07) is 94.9. The van der Waals surface area contributed by atoms with E-state index in [1.165, 1.54) is 110 Å². The first-order valence-corrected chi connectivity index (χ1v) is 24.0. The van der Waals surface area contributed by atoms with E-state index in [9.17, 15) is 0 Å². The number of hydrogen-bond acceptors (Lipinski definition) is 1. The lowest BCUT2D eigenvalue weighted by Gasteiger charge is -2.32. The molecule has 13 aromatic rings. The Morgan fingerprint density at radius 2 is 0.768 bits per heavy atom. The van der Waals surface area contributed by atoms with E-state index in [-0.39, 0.29) is 0 Å². The molecule has 0 aliphatic heterocycles. The maximum absolute atomic E-state index is 2.52. The molecule has 1 aromatic heterocycles. The number of anilines is 3. The van der Waals surface area contributed by atoms with Gasteiger partial charge >= 0.3 is 0 Å². The van der Waals surface area contributed by atoms with Gasteiger partial charge in [0.2, 0.25) is 0 Å². The van der Waals surface area contributed by atoms with Crippen molar-refractivity contribution >= 4 is 71.2 Å². The maximum Gasteiger partial charge on any atom is 0.0726 e. The zero-order valence-electron chi connectivity index (χ0n) is 37.6. The highest BCUT2D eigenvalue weighted by atomic mass is 15.1. The first-order valence-electron chi connectivity index (χ1n) is 24.0. The smallest absolute Gasteiger partial charge is 0.0726 e. The Morgan fingerprint density at radius 1 is 0.290 bits per heavy atom. The molecule has 2 nitrogen and oxygen atoms in total. The number of fused-ring (bicyclic) bond motifs is 19. The summed E-state index contributed by atoms with van der Waals surface area (Å²) in [5, 5.41) is 10.1. The lowest BCUT2D eigenvalue weighted by molar-refractivity contribution is 0.794. The number of nitrogens with zero attached hydrogens (tertiary/aromatic N) is 2. The molecule has 0 fully saturated rings. The molecule has 0 N–H and O–H groups in total. The first kappa shape index (κ1) is 38.2. The van der Waals surface area contributed by atoms with Gasteiger partial charge in [-0.15, -0.1) is 0 Å². The minimum Gasteiger partial charge on any atom is -0.310 e. The van der Waals surface area contributed by atoms with E-state index in [1.807, 2.05) is 0 Å². The second-order valence-corrected chi connectivity index (χ2v) is 18.7. The van der Waals surface area contributed by atoms with Gasteiger partial charge in [0.05, 0.1) is 22.1 Å². The van der Waals surface area contributed by atoms with Crippen molar-refractivity contribution in [3.8, 4) is 39.1 Å². The molecule has 0 amide bonds. The van der Waals surface area contributed by atoms with Crippen molar-refractivity contribution in [2.45, 2.75) is 5.41 Å². The normalized spacial score (nSPS) is 13.0. The fourth-order valence-corrected chi connectivity index (χ4v) is 12.6. The molecule has 0 saturated carbocycles. The van der Waals surface area contributed by atoms with Crippen LogP contribution in [0.1, 0.15) is 22.3 Å². The molecule has 2 aliphatic rings. The Kier molecular flexibility index (Phi) is 8.02. The summed E-state index contributed by atoms with van der Waals surface area (Å²) in [5.74, 6) is 0. The fourth-order valence-electron chi connectivity index (χ4n) is 12.6. The summed E-state index contributed by atoms with van der Waals surface area (Å²) in [6.45, 7) is 0. The summed E-state index contributed by atoms with van der Waals surface area (Å²) in [6.07, 6.45) is 0. The zero-order valence-corrected chi connectivity index (χ0v) is 37.6. The van der Waals surface area contributed by atoms with Crippen molar-refractivity contribution < 1.29 is 0 Å². The largest absolute Gasteiger partial charge is 0.310 e. The van der Waals surface area contributed by atoms with Crippen molar-refractivity contribution in [2.75, 3.05) is 4.90 Å². The van der Waals surface area contributed by atoms with E-state index in [1.54, 1.807) is 0 Å². The van der Waals surface area contributed by atoms with E-state index < -0.39 is 5.41 Å². The van der Waals surface area contributed by atoms with Crippen molar-refractivity contribution in [1.82, 2.24) is 4.57 Å². The fraction of sp³-hybridized carbons (Fsp3) is 0.0149. The van der Waals surface area contributed by atoms with E-state index in [4.69, 9.17) is 0 Å². The van der Waals surface area contributed by atoms with Crippen LogP contribution in [-0.4, -0.2) is 4.57 Å². The Hall–Kier alpha value is -8.98. The van der Waals surface area contributed by atoms with Crippen LogP contribution in [-0.2, 0) is 5.41 Å². The van der Waals surface area contributed by atoms with Gasteiger partial charge in [-0.2, -0.15) is 0 Å². The molecule has 2 heteroatoms. The second kappa shape index (κ2) is 14.5. The lowest BCUT2D eigenvalue weighted by atomic mass is 9.70. The molecule has 320 valence electrons. The molecular weight excluding hydrogens is 833 g/mol. The molecule has 0 bridgehead atoms. The highest BCUT2D eigenvalue weighted by Crippen LogP contribution is 2.64. The van der Waals surface area contributed by atoms with Crippen molar-refractivity contribution in [3.05, 3.63) is 277 Å². The molecule has 1 heterocycles. The van der Waals surface area contributed by atoms with Crippen LogP contribution in [0.3, 0.4) is 0 Å². The highest BCUT2D eigenvalue weighted by Gasteiger charge is 2.52. The van der Waals surface area contributed by atoms with Gasteiger partial charge in [0.25, 0.3) is 0 Å². The van der Waals surface area contributed by atoms with Crippen LogP contribution in [0.25, 0.3) is 93.2 Å². The zero-order chi connectivity index (χ0) is 45.2. The predicted molar refractivity (Wildman–Crippen MR) is 290 cm³/mol. The summed E-state index contributed by atoms with van der Waals surface area (Å²) >= 11 is 0. The Morgan fingerprint density at radius 3 is 1.45 bits per heavy atom. The number of rotatable bonds is 5. The first-order chi connectivity index (χ1) is 34.3. The molecule has 69 heavy (non-hydrogen) atoms.